The fraction of sp³-hybridized carbons (Fsp3) is 0. The zero-order valence-electron chi connectivity index (χ0n) is 26.7. The molecule has 9 rings (SSSR count). The summed E-state index contributed by atoms with van der Waals surface area (Å²) in [4.78, 5) is 0. The molecule has 0 aliphatic rings. The van der Waals surface area contributed by atoms with Gasteiger partial charge in [-0.05, 0) is 83.4 Å². The van der Waals surface area contributed by atoms with Crippen LogP contribution in [-0.4, -0.2) is 9.13 Å². The molecule has 7 aromatic carbocycles. The van der Waals surface area contributed by atoms with Gasteiger partial charge in [-0.1, -0.05) is 84.9 Å². The van der Waals surface area contributed by atoms with E-state index in [4.69, 9.17) is 0 Å². The Labute approximate surface area is 287 Å². The van der Waals surface area contributed by atoms with Gasteiger partial charge in [0.25, 0.3) is 0 Å². The maximum absolute atomic E-state index is 10.5. The van der Waals surface area contributed by atoms with Crippen molar-refractivity contribution >= 4 is 43.6 Å². The predicted molar refractivity (Wildman–Crippen MR) is 200 cm³/mol. The van der Waals surface area contributed by atoms with Crippen LogP contribution in [0.4, 0.5) is 0 Å². The average molecular weight is 636 g/mol. The smallest absolute Gasteiger partial charge is 0.0998 e. The SMILES string of the molecule is N#Cc1cc(-c2ccc(-c3ccccc3-n3c4ccccc4c4ccccc43)cc2C#N)cc(-n2c3ccccc3c3cc(C#N)ccc32)c1. The number of fused-ring (bicyclic) bond motifs is 6. The first-order valence-electron chi connectivity index (χ1n) is 16.3. The Morgan fingerprint density at radius 3 is 1.66 bits per heavy atom. The normalized spacial score (nSPS) is 11.1. The number of para-hydroxylation sites is 4. The molecule has 0 fully saturated rings. The first-order chi connectivity index (χ1) is 24.7. The van der Waals surface area contributed by atoms with E-state index in [-0.39, 0.29) is 0 Å². The lowest BCUT2D eigenvalue weighted by Gasteiger charge is -2.16. The van der Waals surface area contributed by atoms with Crippen LogP contribution in [0.15, 0.2) is 152 Å². The number of nitriles is 3. The summed E-state index contributed by atoms with van der Waals surface area (Å²) in [5.74, 6) is 0. The quantitative estimate of drug-likeness (QED) is 0.193. The van der Waals surface area contributed by atoms with Crippen LogP contribution in [0.3, 0.4) is 0 Å². The van der Waals surface area contributed by atoms with Gasteiger partial charge in [-0.3, -0.25) is 0 Å². The van der Waals surface area contributed by atoms with E-state index in [9.17, 15) is 15.8 Å². The highest BCUT2D eigenvalue weighted by atomic mass is 15.0. The van der Waals surface area contributed by atoms with E-state index in [0.717, 1.165) is 66.5 Å². The van der Waals surface area contributed by atoms with E-state index in [1.54, 1.807) is 0 Å². The lowest BCUT2D eigenvalue weighted by atomic mass is 9.93. The van der Waals surface area contributed by atoms with Crippen molar-refractivity contribution in [2.75, 3.05) is 0 Å². The third-order valence-corrected chi connectivity index (χ3v) is 9.59. The number of aromatic nitrogens is 2. The molecule has 2 heterocycles. The van der Waals surface area contributed by atoms with Gasteiger partial charge in [0.05, 0.1) is 62.7 Å². The van der Waals surface area contributed by atoms with E-state index < -0.39 is 0 Å². The summed E-state index contributed by atoms with van der Waals surface area (Å²) in [6, 6.07) is 57.7. The van der Waals surface area contributed by atoms with Crippen molar-refractivity contribution in [2.24, 2.45) is 0 Å². The van der Waals surface area contributed by atoms with Gasteiger partial charge in [0, 0.05) is 32.8 Å². The predicted octanol–water partition coefficient (Wildman–Crippen LogP) is 10.8. The monoisotopic (exact) mass is 635 g/mol. The van der Waals surface area contributed by atoms with Crippen LogP contribution in [0.2, 0.25) is 0 Å². The molecular formula is C45H25N5. The van der Waals surface area contributed by atoms with Gasteiger partial charge in [0.1, 0.15) is 0 Å². The Balaban J connectivity index is 1.22. The molecule has 0 saturated heterocycles. The molecule has 5 nitrogen and oxygen atoms in total. The van der Waals surface area contributed by atoms with Crippen LogP contribution >= 0.6 is 0 Å². The van der Waals surface area contributed by atoms with Gasteiger partial charge in [0.2, 0.25) is 0 Å². The third-order valence-electron chi connectivity index (χ3n) is 9.59. The molecule has 0 aliphatic heterocycles. The second-order valence-electron chi connectivity index (χ2n) is 12.3. The summed E-state index contributed by atoms with van der Waals surface area (Å²) in [7, 11) is 0. The van der Waals surface area contributed by atoms with Crippen LogP contribution in [0, 0.1) is 34.0 Å². The van der Waals surface area contributed by atoms with E-state index >= 15 is 0 Å². The lowest BCUT2D eigenvalue weighted by molar-refractivity contribution is 1.18. The highest BCUT2D eigenvalue weighted by Crippen LogP contribution is 2.39. The first-order valence-corrected chi connectivity index (χ1v) is 16.3. The molecule has 0 atom stereocenters. The topological polar surface area (TPSA) is 81.2 Å². The minimum Gasteiger partial charge on any atom is -0.309 e. The zero-order chi connectivity index (χ0) is 33.8. The number of hydrogen-bond donors (Lipinski definition) is 0. The zero-order valence-corrected chi connectivity index (χ0v) is 26.7. The van der Waals surface area contributed by atoms with Crippen molar-refractivity contribution in [3.8, 4) is 51.8 Å². The number of rotatable bonds is 4. The Bertz CT molecular complexity index is 2920. The van der Waals surface area contributed by atoms with Crippen molar-refractivity contribution in [1.29, 1.82) is 15.8 Å². The second kappa shape index (κ2) is 11.4. The Morgan fingerprint density at radius 2 is 0.980 bits per heavy atom. The minimum absolute atomic E-state index is 0.488. The molecule has 0 radical (unpaired) electrons. The van der Waals surface area contributed by atoms with Crippen molar-refractivity contribution in [3.05, 3.63) is 168 Å². The molecule has 5 heteroatoms. The van der Waals surface area contributed by atoms with E-state index in [1.807, 2.05) is 84.9 Å². The van der Waals surface area contributed by atoms with Gasteiger partial charge in [-0.2, -0.15) is 15.8 Å². The summed E-state index contributed by atoms with van der Waals surface area (Å²) in [6.07, 6.45) is 0. The van der Waals surface area contributed by atoms with E-state index in [0.29, 0.717) is 16.7 Å². The maximum Gasteiger partial charge on any atom is 0.0998 e. The average Bonchev–Trinajstić information content (AvgIpc) is 3.70. The molecule has 0 unspecified atom stereocenters. The highest BCUT2D eigenvalue weighted by Gasteiger charge is 2.18. The van der Waals surface area contributed by atoms with Crippen LogP contribution in [-0.2, 0) is 0 Å². The van der Waals surface area contributed by atoms with E-state index in [2.05, 4.69) is 94.1 Å². The Hall–Kier alpha value is -7.39. The molecule has 2 aromatic heterocycles. The fourth-order valence-corrected chi connectivity index (χ4v) is 7.43. The van der Waals surface area contributed by atoms with Gasteiger partial charge in [-0.25, -0.2) is 0 Å². The summed E-state index contributed by atoms with van der Waals surface area (Å²) < 4.78 is 4.42. The first kappa shape index (κ1) is 28.8. The summed E-state index contributed by atoms with van der Waals surface area (Å²) in [6.45, 7) is 0. The van der Waals surface area contributed by atoms with Crippen molar-refractivity contribution in [2.45, 2.75) is 0 Å². The number of hydrogen-bond acceptors (Lipinski definition) is 3. The van der Waals surface area contributed by atoms with Gasteiger partial charge in [0.15, 0.2) is 0 Å². The van der Waals surface area contributed by atoms with E-state index in [1.165, 1.54) is 10.8 Å². The van der Waals surface area contributed by atoms with Gasteiger partial charge >= 0.3 is 0 Å². The molecule has 0 spiro atoms. The summed E-state index contributed by atoms with van der Waals surface area (Å²) in [5.41, 5.74) is 11.0. The lowest BCUT2D eigenvalue weighted by Crippen LogP contribution is -1.98. The molecule has 0 aliphatic carbocycles. The summed E-state index contributed by atoms with van der Waals surface area (Å²) in [5, 5.41) is 34.7. The number of nitrogens with zero attached hydrogens (tertiary/aromatic N) is 5. The fourth-order valence-electron chi connectivity index (χ4n) is 7.43. The minimum atomic E-state index is 0.488. The van der Waals surface area contributed by atoms with Crippen molar-refractivity contribution < 1.29 is 0 Å². The number of benzene rings is 7. The Kier molecular flexibility index (Phi) is 6.56. The van der Waals surface area contributed by atoms with Crippen LogP contribution in [0.1, 0.15) is 16.7 Å². The molecule has 230 valence electrons. The molecular weight excluding hydrogens is 611 g/mol. The molecule has 50 heavy (non-hydrogen) atoms. The van der Waals surface area contributed by atoms with Crippen LogP contribution < -0.4 is 0 Å². The van der Waals surface area contributed by atoms with Crippen molar-refractivity contribution in [1.82, 2.24) is 9.13 Å². The molecule has 0 bridgehead atoms. The highest BCUT2D eigenvalue weighted by molar-refractivity contribution is 6.11. The molecule has 0 saturated carbocycles. The Morgan fingerprint density at radius 1 is 0.380 bits per heavy atom. The van der Waals surface area contributed by atoms with Gasteiger partial charge in [-0.15, -0.1) is 0 Å². The largest absolute Gasteiger partial charge is 0.309 e. The summed E-state index contributed by atoms with van der Waals surface area (Å²) >= 11 is 0. The molecule has 0 N–H and O–H groups in total. The van der Waals surface area contributed by atoms with Crippen molar-refractivity contribution in [3.63, 3.8) is 0 Å². The maximum atomic E-state index is 10.5. The van der Waals surface area contributed by atoms with Gasteiger partial charge < -0.3 is 9.13 Å². The standard InChI is InChI=1S/C45H25N5/c46-26-29-17-20-45-40(23-29)39-12-4-6-14-42(39)49(45)34-22-30(27-47)21-32(25-34)35-19-18-31(24-33(35)28-48)36-9-1-5-13-41(36)50-43-15-7-2-10-37(43)38-11-3-8-16-44(38)50/h1-25H. The van der Waals surface area contributed by atoms with Crippen LogP contribution in [0.25, 0.3) is 77.2 Å². The third kappa shape index (κ3) is 4.38. The molecule has 9 aromatic rings. The molecule has 0 amide bonds. The van der Waals surface area contributed by atoms with Crippen LogP contribution in [0.5, 0.6) is 0 Å². The second-order valence-corrected chi connectivity index (χ2v) is 12.3.